The number of hydrogen-bond acceptors (Lipinski definition) is 15. The van der Waals surface area contributed by atoms with Crippen LogP contribution < -0.4 is 0 Å². The minimum Gasteiger partial charge on any atom is -0.466 e. The number of rotatable bonds is 47. The normalized spacial score (nSPS) is 12.6. The average Bonchev–Trinajstić information content (AvgIpc) is 3.99. The molecule has 0 saturated carbocycles. The van der Waals surface area contributed by atoms with Crippen LogP contribution in [0.25, 0.3) is 0 Å². The van der Waals surface area contributed by atoms with Crippen LogP contribution >= 0.6 is 0 Å². The van der Waals surface area contributed by atoms with E-state index in [9.17, 15) is 33.6 Å². The number of carbonyl (C=O) groups excluding carboxylic acids is 7. The Bertz CT molecular complexity index is 1380. The van der Waals surface area contributed by atoms with Gasteiger partial charge >= 0.3 is 30.0 Å². The van der Waals surface area contributed by atoms with Crippen molar-refractivity contribution >= 4 is 42.5 Å². The Kier molecular flexibility index (Phi) is 86.5. The van der Waals surface area contributed by atoms with Crippen molar-refractivity contribution in [2.24, 2.45) is 5.92 Å². The molecule has 1 aliphatic heterocycles. The van der Waals surface area contributed by atoms with Gasteiger partial charge in [0, 0.05) is 53.1 Å². The van der Waals surface area contributed by atoms with Gasteiger partial charge in [-0.2, -0.15) is 0 Å². The van der Waals surface area contributed by atoms with Gasteiger partial charge in [-0.15, -0.1) is 0 Å². The maximum atomic E-state index is 12.6. The van der Waals surface area contributed by atoms with Gasteiger partial charge in [0.1, 0.15) is 24.8 Å². The van der Waals surface area contributed by atoms with E-state index in [2.05, 4.69) is 48.5 Å². The first-order chi connectivity index (χ1) is 40.8. The maximum absolute atomic E-state index is 12.6. The number of amides is 1. The molecule has 0 spiro atoms. The van der Waals surface area contributed by atoms with Gasteiger partial charge in [0.15, 0.2) is 0 Å². The average molecular weight is 1210 g/mol. The van der Waals surface area contributed by atoms with E-state index in [1.54, 1.807) is 12.0 Å². The third kappa shape index (κ3) is 74.5. The molecule has 0 aliphatic carbocycles. The van der Waals surface area contributed by atoms with Gasteiger partial charge in [-0.1, -0.05) is 237 Å². The quantitative estimate of drug-likeness (QED) is 0.0261. The Hall–Kier alpha value is -3.63. The van der Waals surface area contributed by atoms with Gasteiger partial charge in [-0.05, 0) is 50.9 Å². The summed E-state index contributed by atoms with van der Waals surface area (Å²) in [5.41, 5.74) is 0. The van der Waals surface area contributed by atoms with Gasteiger partial charge in [0.2, 0.25) is 0 Å². The van der Waals surface area contributed by atoms with E-state index in [1.807, 2.05) is 34.6 Å². The van der Waals surface area contributed by atoms with E-state index in [4.69, 9.17) is 33.5 Å². The lowest BCUT2D eigenvalue weighted by molar-refractivity contribution is -0.152. The van der Waals surface area contributed by atoms with E-state index in [-0.39, 0.29) is 50.3 Å². The second kappa shape index (κ2) is 79.4. The molecule has 0 aromatic heterocycles. The highest BCUT2D eigenvalue weighted by Gasteiger charge is 2.31. The summed E-state index contributed by atoms with van der Waals surface area (Å²) in [5.74, 6) is -0.639. The fourth-order valence-electron chi connectivity index (χ4n) is 8.10. The number of hydrogen-bond donors (Lipinski definition) is 1. The van der Waals surface area contributed by atoms with Crippen molar-refractivity contribution < 1.29 is 67.1 Å². The molecule has 84 heavy (non-hydrogen) atoms. The minimum atomic E-state index is -0.534. The Morgan fingerprint density at radius 1 is 0.524 bits per heavy atom. The van der Waals surface area contributed by atoms with Gasteiger partial charge in [-0.3, -0.25) is 24.1 Å². The minimum absolute atomic E-state index is 0.0251. The molecule has 1 aliphatic rings. The Morgan fingerprint density at radius 3 is 1.31 bits per heavy atom. The largest absolute Gasteiger partial charge is 0.466 e. The number of ether oxygens (including phenoxy) is 6. The van der Waals surface area contributed by atoms with Crippen molar-refractivity contribution in [3.05, 3.63) is 0 Å². The highest BCUT2D eigenvalue weighted by Crippen LogP contribution is 2.18. The molecule has 502 valence electrons. The summed E-state index contributed by atoms with van der Waals surface area (Å²) in [4.78, 5) is 82.4. The lowest BCUT2D eigenvalue weighted by Crippen LogP contribution is -2.39. The zero-order valence-electron chi connectivity index (χ0n) is 57.1. The van der Waals surface area contributed by atoms with E-state index >= 15 is 0 Å². The highest BCUT2D eigenvalue weighted by atomic mass is 16.6. The van der Waals surface area contributed by atoms with Gasteiger partial charge < -0.3 is 48.0 Å². The second-order valence-corrected chi connectivity index (χ2v) is 21.3. The van der Waals surface area contributed by atoms with Crippen LogP contribution in [0.5, 0.6) is 0 Å². The molecule has 0 radical (unpaired) electrons. The summed E-state index contributed by atoms with van der Waals surface area (Å²) in [6, 6.07) is 0. The molecule has 3 unspecified atom stereocenters. The molecule has 1 N–H and O–H groups in total. The SMILES string of the molecule is CC.CCC=O.CCCCCCCCOC.CCCCCCCCOC(=O)CC.CCCCCCCCOC(=O)CC(C)CC.CCCCCCCCOC(=O)CN(CC=O)CC(=O)OC1CCN(C(=O)OC(CC)CCCCCC)C1.CO. The van der Waals surface area contributed by atoms with Crippen LogP contribution in [0.3, 0.4) is 0 Å². The molecule has 0 aromatic rings. The first-order valence-electron chi connectivity index (χ1n) is 33.9. The molecule has 1 rings (SSSR count). The van der Waals surface area contributed by atoms with Crippen molar-refractivity contribution in [2.75, 3.05) is 73.4 Å². The Morgan fingerprint density at radius 2 is 0.917 bits per heavy atom. The molecule has 1 saturated heterocycles. The first kappa shape index (κ1) is 91.5. The zero-order valence-corrected chi connectivity index (χ0v) is 57.1. The maximum Gasteiger partial charge on any atom is 0.410 e. The predicted octanol–water partition coefficient (Wildman–Crippen LogP) is 16.7. The fourth-order valence-corrected chi connectivity index (χ4v) is 8.10. The highest BCUT2D eigenvalue weighted by molar-refractivity contribution is 5.76. The number of aliphatic hydroxyl groups excluding tert-OH is 1. The molecule has 1 heterocycles. The standard InChI is InChI=1S/C28H50N2O7.C14H28O2.C11H22O2.C9H20O.C3H6O.C2H6.CH4O/c1-4-7-9-11-12-14-20-35-26(32)22-29(18-19-31)23-27(33)36-25-16-17-30(21-25)28(34)37-24(6-3)15-13-10-8-5-2;1-4-6-7-8-9-10-11-16-14(15)12-13(3)5-2;1-3-5-6-7-8-9-10-13-11(12)4-2;1-3-4-5-6-7-8-9-10-2;1-2-3-4;2*1-2/h19,24-25H,4-18,20-23H2,1-3H3;13H,4-12H2,1-3H3;3-10H2,1-2H3;3-9H2,1-2H3;3H,2H2,1H3;1-2H3;2H,1H3. The summed E-state index contributed by atoms with van der Waals surface area (Å²) in [7, 11) is 2.77. The number of likely N-dealkylation sites (tertiary alicyclic amines) is 1. The molecule has 0 bridgehead atoms. The lowest BCUT2D eigenvalue weighted by atomic mass is 10.1. The molecular weight excluding hydrogens is 1070 g/mol. The van der Waals surface area contributed by atoms with Gasteiger partial charge in [0.25, 0.3) is 0 Å². The number of aldehydes is 2. The number of nitrogens with zero attached hydrogens (tertiary/aromatic N) is 2. The van der Waals surface area contributed by atoms with Crippen LogP contribution in [-0.2, 0) is 57.2 Å². The van der Waals surface area contributed by atoms with E-state index in [1.165, 1.54) is 140 Å². The number of unbranched alkanes of at least 4 members (excludes halogenated alkanes) is 23. The third-order valence-corrected chi connectivity index (χ3v) is 13.5. The smallest absolute Gasteiger partial charge is 0.410 e. The van der Waals surface area contributed by atoms with Crippen molar-refractivity contribution in [3.8, 4) is 0 Å². The van der Waals surface area contributed by atoms with Crippen LogP contribution in [0, 0.1) is 5.92 Å². The fraction of sp³-hybridized carbons (Fsp3) is 0.897. The number of aliphatic hydroxyl groups is 1. The van der Waals surface area contributed by atoms with Crippen LogP contribution in [-0.4, -0.2) is 143 Å². The molecule has 0 aromatic carbocycles. The molecular formula is C68H136N2O14. The van der Waals surface area contributed by atoms with E-state index in [0.29, 0.717) is 64.3 Å². The van der Waals surface area contributed by atoms with E-state index in [0.717, 1.165) is 84.2 Å². The van der Waals surface area contributed by atoms with Gasteiger partial charge in [-0.25, -0.2) is 4.79 Å². The number of methoxy groups -OCH3 is 1. The third-order valence-electron chi connectivity index (χ3n) is 13.5. The van der Waals surface area contributed by atoms with Crippen molar-refractivity contribution in [1.29, 1.82) is 0 Å². The summed E-state index contributed by atoms with van der Waals surface area (Å²) in [6.45, 7) is 27.7. The summed E-state index contributed by atoms with van der Waals surface area (Å²) < 4.78 is 31.5. The van der Waals surface area contributed by atoms with Crippen LogP contribution in [0.4, 0.5) is 4.79 Å². The molecule has 16 nitrogen and oxygen atoms in total. The van der Waals surface area contributed by atoms with Crippen LogP contribution in [0.2, 0.25) is 0 Å². The predicted molar refractivity (Wildman–Crippen MR) is 346 cm³/mol. The summed E-state index contributed by atoms with van der Waals surface area (Å²) in [6.07, 6.45) is 39.6. The van der Waals surface area contributed by atoms with Gasteiger partial charge in [0.05, 0.1) is 46.0 Å². The number of esters is 4. The van der Waals surface area contributed by atoms with Crippen LogP contribution in [0.1, 0.15) is 308 Å². The monoisotopic (exact) mass is 1200 g/mol. The second-order valence-electron chi connectivity index (χ2n) is 21.3. The number of carbonyl (C=O) groups is 7. The van der Waals surface area contributed by atoms with Crippen molar-refractivity contribution in [3.63, 3.8) is 0 Å². The molecule has 16 heteroatoms. The van der Waals surface area contributed by atoms with Crippen molar-refractivity contribution in [1.82, 2.24) is 9.80 Å². The Balaban J connectivity index is -0.000000265. The first-order valence-corrected chi connectivity index (χ1v) is 33.9. The summed E-state index contributed by atoms with van der Waals surface area (Å²) in [5, 5.41) is 7.00. The topological polar surface area (TPSA) is 202 Å². The molecule has 3 atom stereocenters. The van der Waals surface area contributed by atoms with E-state index < -0.39 is 18.0 Å². The molecule has 1 fully saturated rings. The zero-order chi connectivity index (χ0) is 64.5. The Labute approximate surface area is 516 Å². The van der Waals surface area contributed by atoms with Crippen LogP contribution in [0.15, 0.2) is 0 Å². The van der Waals surface area contributed by atoms with Crippen molar-refractivity contribution in [2.45, 2.75) is 320 Å². The summed E-state index contributed by atoms with van der Waals surface area (Å²) >= 11 is 0. The molecule has 1 amide bonds. The lowest BCUT2D eigenvalue weighted by Gasteiger charge is -2.22.